The molecule has 8 nitrogen and oxygen atoms in total. The summed E-state index contributed by atoms with van der Waals surface area (Å²) < 4.78 is 30.1. The van der Waals surface area contributed by atoms with E-state index >= 15 is 0 Å². The van der Waals surface area contributed by atoms with Crippen molar-refractivity contribution in [3.63, 3.8) is 0 Å². The summed E-state index contributed by atoms with van der Waals surface area (Å²) in [5, 5.41) is 7.35. The normalized spacial score (nSPS) is 22.8. The molecule has 4 heterocycles. The van der Waals surface area contributed by atoms with Gasteiger partial charge in [-0.25, -0.2) is 13.4 Å². The third-order valence-corrected chi connectivity index (χ3v) is 7.81. The first-order chi connectivity index (χ1) is 12.5. The van der Waals surface area contributed by atoms with E-state index in [1.807, 2.05) is 6.07 Å². The Hall–Kier alpha value is -2.55. The standard InChI is InChI=1S/C17H18N4O4S/c22-16(13-4-7-19-20-9-13)21-11-17(12-21)14(5-8-26(17,23)24)10-25-15-3-1-2-6-18-15/h1-4,6-7,9,14H,5,8,10-12H2. The molecule has 0 aliphatic carbocycles. The highest BCUT2D eigenvalue weighted by molar-refractivity contribution is 7.93. The van der Waals surface area contributed by atoms with Crippen molar-refractivity contribution in [2.24, 2.45) is 5.92 Å². The Bertz CT molecular complexity index is 899. The molecule has 2 aromatic rings. The number of sulfone groups is 1. The zero-order chi connectivity index (χ0) is 18.2. The number of carbonyl (C=O) groups excluding carboxylic acids is 1. The average molecular weight is 374 g/mol. The molecule has 4 rings (SSSR count). The predicted octanol–water partition coefficient (Wildman–Crippen LogP) is 0.580. The third kappa shape index (κ3) is 2.72. The van der Waals surface area contributed by atoms with Gasteiger partial charge in [0.1, 0.15) is 4.75 Å². The van der Waals surface area contributed by atoms with Crippen LogP contribution >= 0.6 is 0 Å². The number of rotatable bonds is 4. The number of aromatic nitrogens is 3. The topological polar surface area (TPSA) is 102 Å². The summed E-state index contributed by atoms with van der Waals surface area (Å²) in [6, 6.07) is 6.92. The molecule has 136 valence electrons. The highest BCUT2D eigenvalue weighted by Gasteiger charge is 2.62. The Morgan fingerprint density at radius 1 is 1.23 bits per heavy atom. The molecule has 9 heteroatoms. The van der Waals surface area contributed by atoms with Gasteiger partial charge in [0.15, 0.2) is 9.84 Å². The van der Waals surface area contributed by atoms with E-state index in [-0.39, 0.29) is 37.3 Å². The van der Waals surface area contributed by atoms with Gasteiger partial charge in [-0.3, -0.25) is 4.79 Å². The first-order valence-corrected chi connectivity index (χ1v) is 9.99. The lowest BCUT2D eigenvalue weighted by Crippen LogP contribution is -2.68. The molecule has 0 bridgehead atoms. The van der Waals surface area contributed by atoms with Crippen LogP contribution < -0.4 is 4.74 Å². The fourth-order valence-electron chi connectivity index (χ4n) is 3.67. The van der Waals surface area contributed by atoms with E-state index in [1.54, 1.807) is 29.3 Å². The minimum atomic E-state index is -3.27. The molecular weight excluding hydrogens is 356 g/mol. The Balaban J connectivity index is 1.47. The van der Waals surface area contributed by atoms with Crippen LogP contribution in [0.3, 0.4) is 0 Å². The summed E-state index contributed by atoms with van der Waals surface area (Å²) in [6.45, 7) is 0.647. The van der Waals surface area contributed by atoms with Gasteiger partial charge < -0.3 is 9.64 Å². The molecule has 1 atom stereocenters. The van der Waals surface area contributed by atoms with Gasteiger partial charge in [0, 0.05) is 31.3 Å². The van der Waals surface area contributed by atoms with E-state index in [9.17, 15) is 13.2 Å². The Morgan fingerprint density at radius 2 is 2.08 bits per heavy atom. The lowest BCUT2D eigenvalue weighted by atomic mass is 9.83. The summed E-state index contributed by atoms with van der Waals surface area (Å²) >= 11 is 0. The molecule has 1 amide bonds. The van der Waals surface area contributed by atoms with E-state index in [4.69, 9.17) is 4.74 Å². The fraction of sp³-hybridized carbons (Fsp3) is 0.412. The molecule has 1 unspecified atom stereocenters. The number of nitrogens with zero attached hydrogens (tertiary/aromatic N) is 4. The zero-order valence-electron chi connectivity index (χ0n) is 14.0. The number of hydrogen-bond donors (Lipinski definition) is 0. The highest BCUT2D eigenvalue weighted by atomic mass is 32.2. The second kappa shape index (κ2) is 6.31. The van der Waals surface area contributed by atoms with Crippen molar-refractivity contribution in [1.82, 2.24) is 20.1 Å². The van der Waals surface area contributed by atoms with Crippen LogP contribution in [0.2, 0.25) is 0 Å². The van der Waals surface area contributed by atoms with Gasteiger partial charge in [-0.05, 0) is 18.6 Å². The highest BCUT2D eigenvalue weighted by Crippen LogP contribution is 2.45. The molecule has 0 saturated carbocycles. The first-order valence-electron chi connectivity index (χ1n) is 8.34. The average Bonchev–Trinajstić information content (AvgIpc) is 2.90. The van der Waals surface area contributed by atoms with Crippen LogP contribution in [0.15, 0.2) is 42.9 Å². The molecule has 2 saturated heterocycles. The van der Waals surface area contributed by atoms with E-state index in [2.05, 4.69) is 15.2 Å². The summed E-state index contributed by atoms with van der Waals surface area (Å²) in [5.41, 5.74) is 0.409. The van der Waals surface area contributed by atoms with E-state index < -0.39 is 14.6 Å². The first kappa shape index (κ1) is 16.9. The minimum absolute atomic E-state index is 0.127. The van der Waals surface area contributed by atoms with Gasteiger partial charge in [-0.15, -0.1) is 0 Å². The summed E-state index contributed by atoms with van der Waals surface area (Å²) in [7, 11) is -3.27. The monoisotopic (exact) mass is 374 g/mol. The molecule has 2 fully saturated rings. The van der Waals surface area contributed by atoms with Gasteiger partial charge in [-0.2, -0.15) is 10.2 Å². The molecule has 26 heavy (non-hydrogen) atoms. The smallest absolute Gasteiger partial charge is 0.255 e. The van der Waals surface area contributed by atoms with Crippen LogP contribution in [0.1, 0.15) is 16.8 Å². The zero-order valence-corrected chi connectivity index (χ0v) is 14.8. The van der Waals surface area contributed by atoms with Gasteiger partial charge in [0.2, 0.25) is 5.88 Å². The van der Waals surface area contributed by atoms with E-state index in [1.165, 1.54) is 12.4 Å². The van der Waals surface area contributed by atoms with Crippen molar-refractivity contribution in [2.45, 2.75) is 11.2 Å². The van der Waals surface area contributed by atoms with Crippen molar-refractivity contribution in [2.75, 3.05) is 25.4 Å². The number of carbonyl (C=O) groups is 1. The maximum atomic E-state index is 12.7. The molecule has 0 aromatic carbocycles. The van der Waals surface area contributed by atoms with Crippen LogP contribution in [0.4, 0.5) is 0 Å². The molecule has 0 radical (unpaired) electrons. The van der Waals surface area contributed by atoms with Crippen LogP contribution in [-0.2, 0) is 9.84 Å². The second-order valence-corrected chi connectivity index (χ2v) is 9.09. The lowest BCUT2D eigenvalue weighted by Gasteiger charge is -2.49. The SMILES string of the molecule is O=C(c1ccnnc1)N1CC2(C1)C(COc1ccccn1)CCS2(=O)=O. The number of pyridine rings is 1. The maximum absolute atomic E-state index is 12.7. The van der Waals surface area contributed by atoms with Crippen LogP contribution in [0.25, 0.3) is 0 Å². The second-order valence-electron chi connectivity index (χ2n) is 6.64. The van der Waals surface area contributed by atoms with Crippen molar-refractivity contribution < 1.29 is 17.9 Å². The van der Waals surface area contributed by atoms with Gasteiger partial charge in [0.05, 0.1) is 30.3 Å². The molecule has 1 spiro atoms. The Labute approximate surface area is 151 Å². The molecule has 2 aromatic heterocycles. The summed E-state index contributed by atoms with van der Waals surface area (Å²) in [4.78, 5) is 18.1. The minimum Gasteiger partial charge on any atom is -0.477 e. The number of amides is 1. The van der Waals surface area contributed by atoms with Gasteiger partial charge in [0.25, 0.3) is 5.91 Å². The van der Waals surface area contributed by atoms with Crippen molar-refractivity contribution >= 4 is 15.7 Å². The number of hydrogen-bond acceptors (Lipinski definition) is 7. The lowest BCUT2D eigenvalue weighted by molar-refractivity contribution is 0.0406. The van der Waals surface area contributed by atoms with Crippen LogP contribution in [0.5, 0.6) is 5.88 Å². The summed E-state index contributed by atoms with van der Waals surface area (Å²) in [6.07, 6.45) is 4.99. The quantitative estimate of drug-likeness (QED) is 0.771. The summed E-state index contributed by atoms with van der Waals surface area (Å²) in [5.74, 6) is 0.218. The van der Waals surface area contributed by atoms with E-state index in [0.29, 0.717) is 17.9 Å². The molecule has 0 N–H and O–H groups in total. The number of likely N-dealkylation sites (tertiary alicyclic amines) is 1. The van der Waals surface area contributed by atoms with Gasteiger partial charge >= 0.3 is 0 Å². The van der Waals surface area contributed by atoms with E-state index in [0.717, 1.165) is 0 Å². The van der Waals surface area contributed by atoms with Crippen molar-refractivity contribution in [3.05, 3.63) is 48.4 Å². The van der Waals surface area contributed by atoms with Crippen LogP contribution in [0, 0.1) is 5.92 Å². The third-order valence-electron chi connectivity index (χ3n) is 5.20. The Morgan fingerprint density at radius 3 is 2.77 bits per heavy atom. The Kier molecular flexibility index (Phi) is 4.10. The molecule has 2 aliphatic rings. The molecule has 2 aliphatic heterocycles. The largest absolute Gasteiger partial charge is 0.477 e. The molecular formula is C17H18N4O4S. The van der Waals surface area contributed by atoms with Crippen LogP contribution in [-0.4, -0.2) is 64.6 Å². The maximum Gasteiger partial charge on any atom is 0.255 e. The number of ether oxygens (including phenoxy) is 1. The van der Waals surface area contributed by atoms with Gasteiger partial charge in [-0.1, -0.05) is 6.07 Å². The fourth-order valence-corrected chi connectivity index (χ4v) is 6.07. The predicted molar refractivity (Wildman–Crippen MR) is 92.3 cm³/mol. The van der Waals surface area contributed by atoms with Crippen molar-refractivity contribution in [1.29, 1.82) is 0 Å². The van der Waals surface area contributed by atoms with Crippen molar-refractivity contribution in [3.8, 4) is 5.88 Å².